The first kappa shape index (κ1) is 19.2. The summed E-state index contributed by atoms with van der Waals surface area (Å²) in [5.74, 6) is -0.358. The molecule has 136 valence electrons. The highest BCUT2D eigenvalue weighted by molar-refractivity contribution is 7.89. The maximum absolute atomic E-state index is 12.5. The topological polar surface area (TPSA) is 91.6 Å². The molecular formula is C17H23N3O4S. The highest BCUT2D eigenvalue weighted by Crippen LogP contribution is 2.23. The fourth-order valence-corrected chi connectivity index (χ4v) is 3.32. The number of amides is 1. The van der Waals surface area contributed by atoms with Gasteiger partial charge in [0.25, 0.3) is 5.91 Å². The molecule has 2 N–H and O–H groups in total. The van der Waals surface area contributed by atoms with Crippen LogP contribution in [0.4, 0.5) is 5.69 Å². The molecule has 0 aliphatic heterocycles. The van der Waals surface area contributed by atoms with Crippen molar-refractivity contribution in [2.75, 3.05) is 26.0 Å². The van der Waals surface area contributed by atoms with Crippen LogP contribution in [0.2, 0.25) is 0 Å². The van der Waals surface area contributed by atoms with Gasteiger partial charge in [0.15, 0.2) is 5.76 Å². The molecule has 0 radical (unpaired) electrons. The number of furan rings is 1. The Morgan fingerprint density at radius 2 is 1.92 bits per heavy atom. The smallest absolute Gasteiger partial charge is 0.291 e. The van der Waals surface area contributed by atoms with Crippen molar-refractivity contribution in [1.82, 2.24) is 9.62 Å². The van der Waals surface area contributed by atoms with E-state index in [9.17, 15) is 13.2 Å². The van der Waals surface area contributed by atoms with Gasteiger partial charge in [-0.25, -0.2) is 12.7 Å². The summed E-state index contributed by atoms with van der Waals surface area (Å²) in [5, 5.41) is 5.98. The molecule has 0 fully saturated rings. The van der Waals surface area contributed by atoms with E-state index in [-0.39, 0.29) is 16.4 Å². The molecule has 7 nitrogen and oxygen atoms in total. The number of hydrogen-bond donors (Lipinski definition) is 2. The molecule has 1 heterocycles. The van der Waals surface area contributed by atoms with Crippen molar-refractivity contribution in [3.63, 3.8) is 0 Å². The number of carbonyl (C=O) groups is 1. The van der Waals surface area contributed by atoms with Gasteiger partial charge in [0, 0.05) is 32.4 Å². The third-order valence-electron chi connectivity index (χ3n) is 3.69. The second-order valence-electron chi connectivity index (χ2n) is 5.71. The molecule has 0 saturated carbocycles. The van der Waals surface area contributed by atoms with Crippen LogP contribution in [0.3, 0.4) is 0 Å². The predicted molar refractivity (Wildman–Crippen MR) is 96.1 cm³/mol. The van der Waals surface area contributed by atoms with Crippen molar-refractivity contribution in [3.8, 4) is 0 Å². The number of nitrogens with zero attached hydrogens (tertiary/aromatic N) is 1. The molecule has 0 bridgehead atoms. The first-order valence-electron chi connectivity index (χ1n) is 7.90. The van der Waals surface area contributed by atoms with Crippen LogP contribution in [0, 0.1) is 6.92 Å². The monoisotopic (exact) mass is 365 g/mol. The van der Waals surface area contributed by atoms with Gasteiger partial charge in [-0.3, -0.25) is 4.79 Å². The van der Waals surface area contributed by atoms with Gasteiger partial charge in [-0.15, -0.1) is 0 Å². The van der Waals surface area contributed by atoms with Crippen molar-refractivity contribution >= 4 is 21.6 Å². The Labute approximate surface area is 148 Å². The van der Waals surface area contributed by atoms with Crippen molar-refractivity contribution in [2.24, 2.45) is 0 Å². The average Bonchev–Trinajstić information content (AvgIpc) is 2.96. The quantitative estimate of drug-likeness (QED) is 0.785. The molecule has 1 aromatic carbocycles. The van der Waals surface area contributed by atoms with Crippen LogP contribution in [0.5, 0.6) is 0 Å². The largest absolute Gasteiger partial charge is 0.455 e. The Hall–Kier alpha value is -2.16. The number of benzene rings is 1. The second kappa shape index (κ2) is 7.81. The molecule has 0 saturated heterocycles. The zero-order valence-electron chi connectivity index (χ0n) is 14.8. The lowest BCUT2D eigenvalue weighted by atomic mass is 10.1. The summed E-state index contributed by atoms with van der Waals surface area (Å²) in [5.41, 5.74) is 1.58. The van der Waals surface area contributed by atoms with E-state index >= 15 is 0 Å². The van der Waals surface area contributed by atoms with Gasteiger partial charge in [0.05, 0.1) is 0 Å². The first-order valence-corrected chi connectivity index (χ1v) is 9.34. The van der Waals surface area contributed by atoms with Gasteiger partial charge >= 0.3 is 0 Å². The molecule has 1 amide bonds. The minimum absolute atomic E-state index is 0.0106. The lowest BCUT2D eigenvalue weighted by Crippen LogP contribution is -2.22. The summed E-state index contributed by atoms with van der Waals surface area (Å²) in [6.45, 7) is 4.95. The van der Waals surface area contributed by atoms with Crippen LogP contribution in [0.15, 0.2) is 39.6 Å². The molecule has 0 aliphatic rings. The molecular weight excluding hydrogens is 342 g/mol. The Bertz CT molecular complexity index is 857. The number of hydrogen-bond acceptors (Lipinski definition) is 5. The van der Waals surface area contributed by atoms with E-state index in [4.69, 9.17) is 4.42 Å². The van der Waals surface area contributed by atoms with E-state index in [2.05, 4.69) is 10.6 Å². The number of sulfonamides is 1. The van der Waals surface area contributed by atoms with Gasteiger partial charge < -0.3 is 15.1 Å². The summed E-state index contributed by atoms with van der Waals surface area (Å²) in [6.07, 6.45) is 0. The van der Waals surface area contributed by atoms with Gasteiger partial charge in [-0.2, -0.15) is 0 Å². The zero-order valence-corrected chi connectivity index (χ0v) is 15.6. The lowest BCUT2D eigenvalue weighted by molar-refractivity contribution is 0.0995. The molecule has 8 heteroatoms. The fourth-order valence-electron chi connectivity index (χ4n) is 2.27. The molecule has 0 atom stereocenters. The molecule has 0 spiro atoms. The maximum Gasteiger partial charge on any atom is 0.291 e. The highest BCUT2D eigenvalue weighted by atomic mass is 32.2. The van der Waals surface area contributed by atoms with Crippen LogP contribution < -0.4 is 10.6 Å². The third-order valence-corrected chi connectivity index (χ3v) is 5.61. The van der Waals surface area contributed by atoms with Crippen LogP contribution in [0.25, 0.3) is 0 Å². The lowest BCUT2D eigenvalue weighted by Gasteiger charge is -2.10. The Kier molecular flexibility index (Phi) is 5.99. The number of aryl methyl sites for hydroxylation is 1. The number of nitrogens with one attached hydrogen (secondary N) is 2. The number of anilines is 1. The molecule has 0 aliphatic carbocycles. The third kappa shape index (κ3) is 4.28. The molecule has 0 unspecified atom stereocenters. The summed E-state index contributed by atoms with van der Waals surface area (Å²) >= 11 is 0. The van der Waals surface area contributed by atoms with E-state index in [1.54, 1.807) is 6.07 Å². The highest BCUT2D eigenvalue weighted by Gasteiger charge is 2.26. The maximum atomic E-state index is 12.5. The number of para-hydroxylation sites is 1. The summed E-state index contributed by atoms with van der Waals surface area (Å²) in [6, 6.07) is 8.67. The minimum atomic E-state index is -3.66. The first-order chi connectivity index (χ1) is 11.8. The van der Waals surface area contributed by atoms with Crippen LogP contribution in [-0.2, 0) is 16.6 Å². The molecule has 2 rings (SSSR count). The van der Waals surface area contributed by atoms with E-state index in [1.165, 1.54) is 27.1 Å². The normalized spacial score (nSPS) is 11.7. The summed E-state index contributed by atoms with van der Waals surface area (Å²) in [7, 11) is -0.806. The zero-order chi connectivity index (χ0) is 18.6. The summed E-state index contributed by atoms with van der Waals surface area (Å²) in [4.78, 5) is 12.5. The SMILES string of the molecule is CCNCc1ccccc1NC(=O)c1cc(S(=O)(=O)N(C)C)c(C)o1. The number of carbonyl (C=O) groups excluding carboxylic acids is 1. The van der Waals surface area contributed by atoms with Crippen LogP contribution >= 0.6 is 0 Å². The Balaban J connectivity index is 2.26. The molecule has 1 aromatic heterocycles. The van der Waals surface area contributed by atoms with Gasteiger partial charge in [0.2, 0.25) is 10.0 Å². The average molecular weight is 365 g/mol. The minimum Gasteiger partial charge on any atom is -0.455 e. The standard InChI is InChI=1S/C17H23N3O4S/c1-5-18-11-13-8-6-7-9-14(13)19-17(21)15-10-16(12(2)24-15)25(22,23)20(3)4/h6-10,18H,5,11H2,1-4H3,(H,19,21). The van der Waals surface area contributed by atoms with E-state index < -0.39 is 15.9 Å². The van der Waals surface area contributed by atoms with Crippen molar-refractivity contribution in [1.29, 1.82) is 0 Å². The van der Waals surface area contributed by atoms with Crippen molar-refractivity contribution in [3.05, 3.63) is 47.4 Å². The molecule has 25 heavy (non-hydrogen) atoms. The van der Waals surface area contributed by atoms with Crippen LogP contribution in [0.1, 0.15) is 28.8 Å². The summed E-state index contributed by atoms with van der Waals surface area (Å²) < 4.78 is 30.9. The van der Waals surface area contributed by atoms with E-state index in [1.807, 2.05) is 25.1 Å². The Morgan fingerprint density at radius 3 is 2.56 bits per heavy atom. The fraction of sp³-hybridized carbons (Fsp3) is 0.353. The van der Waals surface area contributed by atoms with Crippen molar-refractivity contribution < 1.29 is 17.6 Å². The van der Waals surface area contributed by atoms with Crippen LogP contribution in [-0.4, -0.2) is 39.3 Å². The van der Waals surface area contributed by atoms with E-state index in [0.717, 1.165) is 16.4 Å². The van der Waals surface area contributed by atoms with Gasteiger partial charge in [-0.05, 0) is 25.1 Å². The Morgan fingerprint density at radius 1 is 1.24 bits per heavy atom. The van der Waals surface area contributed by atoms with E-state index in [0.29, 0.717) is 12.2 Å². The van der Waals surface area contributed by atoms with Gasteiger partial charge in [-0.1, -0.05) is 25.1 Å². The second-order valence-corrected chi connectivity index (χ2v) is 7.83. The predicted octanol–water partition coefficient (Wildman–Crippen LogP) is 2.20. The molecule has 2 aromatic rings. The van der Waals surface area contributed by atoms with Crippen molar-refractivity contribution in [2.45, 2.75) is 25.3 Å². The van der Waals surface area contributed by atoms with Gasteiger partial charge in [0.1, 0.15) is 10.7 Å². The number of rotatable bonds is 7.